The SMILES string of the molecule is Cc1nc(CN=C(N)NC(C)C)cs1. The molecule has 0 saturated carbocycles. The van der Waals surface area contributed by atoms with Gasteiger partial charge in [-0.2, -0.15) is 0 Å². The van der Waals surface area contributed by atoms with Gasteiger partial charge in [0.25, 0.3) is 0 Å². The first kappa shape index (κ1) is 11.0. The predicted molar refractivity (Wildman–Crippen MR) is 60.4 cm³/mol. The van der Waals surface area contributed by atoms with Crippen LogP contribution in [0.5, 0.6) is 0 Å². The fourth-order valence-electron chi connectivity index (χ4n) is 0.988. The first-order valence-corrected chi connectivity index (χ1v) is 5.43. The Labute approximate surface area is 88.3 Å². The Kier molecular flexibility index (Phi) is 3.88. The zero-order chi connectivity index (χ0) is 10.6. The molecule has 0 saturated heterocycles. The number of guanidine groups is 1. The zero-order valence-electron chi connectivity index (χ0n) is 8.74. The maximum atomic E-state index is 5.64. The molecule has 4 nitrogen and oxygen atoms in total. The van der Waals surface area contributed by atoms with Crippen molar-refractivity contribution in [2.24, 2.45) is 10.7 Å². The molecule has 0 aromatic carbocycles. The second-order valence-corrected chi connectivity index (χ2v) is 4.42. The Morgan fingerprint density at radius 1 is 1.71 bits per heavy atom. The topological polar surface area (TPSA) is 63.3 Å². The zero-order valence-corrected chi connectivity index (χ0v) is 9.56. The van der Waals surface area contributed by atoms with Gasteiger partial charge in [0, 0.05) is 11.4 Å². The van der Waals surface area contributed by atoms with Crippen LogP contribution in [-0.2, 0) is 6.54 Å². The van der Waals surface area contributed by atoms with Crippen LogP contribution in [0.1, 0.15) is 24.5 Å². The number of thiazole rings is 1. The van der Waals surface area contributed by atoms with Gasteiger partial charge >= 0.3 is 0 Å². The molecular formula is C9H16N4S. The average molecular weight is 212 g/mol. The van der Waals surface area contributed by atoms with Gasteiger partial charge in [0.15, 0.2) is 5.96 Å². The van der Waals surface area contributed by atoms with Crippen LogP contribution in [0.15, 0.2) is 10.4 Å². The lowest BCUT2D eigenvalue weighted by Gasteiger charge is -2.07. The highest BCUT2D eigenvalue weighted by atomic mass is 32.1. The molecule has 78 valence electrons. The summed E-state index contributed by atoms with van der Waals surface area (Å²) in [7, 11) is 0. The van der Waals surface area contributed by atoms with Crippen LogP contribution in [0.4, 0.5) is 0 Å². The Hall–Kier alpha value is -1.10. The van der Waals surface area contributed by atoms with E-state index in [0.29, 0.717) is 18.5 Å². The van der Waals surface area contributed by atoms with E-state index in [1.54, 1.807) is 11.3 Å². The van der Waals surface area contributed by atoms with Gasteiger partial charge in [-0.1, -0.05) is 0 Å². The maximum absolute atomic E-state index is 5.64. The highest BCUT2D eigenvalue weighted by molar-refractivity contribution is 7.09. The van der Waals surface area contributed by atoms with Crippen molar-refractivity contribution in [2.45, 2.75) is 33.4 Å². The molecule has 1 aromatic heterocycles. The second-order valence-electron chi connectivity index (χ2n) is 3.36. The molecule has 0 bridgehead atoms. The summed E-state index contributed by atoms with van der Waals surface area (Å²) in [6, 6.07) is 0.316. The molecule has 3 N–H and O–H groups in total. The van der Waals surface area contributed by atoms with E-state index in [4.69, 9.17) is 5.73 Å². The van der Waals surface area contributed by atoms with Gasteiger partial charge < -0.3 is 11.1 Å². The minimum atomic E-state index is 0.316. The van der Waals surface area contributed by atoms with Crippen molar-refractivity contribution in [3.05, 3.63) is 16.1 Å². The van der Waals surface area contributed by atoms with Gasteiger partial charge in [-0.25, -0.2) is 9.98 Å². The van der Waals surface area contributed by atoms with Crippen LogP contribution in [-0.4, -0.2) is 17.0 Å². The minimum Gasteiger partial charge on any atom is -0.370 e. The fraction of sp³-hybridized carbons (Fsp3) is 0.556. The average Bonchev–Trinajstić information content (AvgIpc) is 2.47. The summed E-state index contributed by atoms with van der Waals surface area (Å²) >= 11 is 1.63. The van der Waals surface area contributed by atoms with Gasteiger partial charge in [-0.3, -0.25) is 0 Å². The Morgan fingerprint density at radius 3 is 2.93 bits per heavy atom. The maximum Gasteiger partial charge on any atom is 0.189 e. The minimum absolute atomic E-state index is 0.316. The van der Waals surface area contributed by atoms with Crippen LogP contribution in [0.2, 0.25) is 0 Å². The van der Waals surface area contributed by atoms with E-state index in [1.165, 1.54) is 0 Å². The number of aromatic nitrogens is 1. The molecule has 0 aliphatic rings. The highest BCUT2D eigenvalue weighted by Gasteiger charge is 1.98. The molecule has 0 amide bonds. The standard InChI is InChI=1S/C9H16N4S/c1-6(2)12-9(10)11-4-8-5-14-7(3)13-8/h5-6H,4H2,1-3H3,(H3,10,11,12). The van der Waals surface area contributed by atoms with Crippen molar-refractivity contribution >= 4 is 17.3 Å². The number of rotatable bonds is 3. The van der Waals surface area contributed by atoms with Crippen molar-refractivity contribution in [2.75, 3.05) is 0 Å². The quantitative estimate of drug-likeness (QED) is 0.586. The molecule has 0 spiro atoms. The predicted octanol–water partition coefficient (Wildman–Crippen LogP) is 1.26. The van der Waals surface area contributed by atoms with E-state index in [1.807, 2.05) is 26.2 Å². The molecule has 0 atom stereocenters. The lowest BCUT2D eigenvalue weighted by atomic mass is 10.4. The summed E-state index contributed by atoms with van der Waals surface area (Å²) in [4.78, 5) is 8.47. The molecule has 0 aliphatic carbocycles. The fourth-order valence-corrected chi connectivity index (χ4v) is 1.59. The highest BCUT2D eigenvalue weighted by Crippen LogP contribution is 2.08. The van der Waals surface area contributed by atoms with Gasteiger partial charge in [-0.05, 0) is 20.8 Å². The lowest BCUT2D eigenvalue weighted by molar-refractivity contribution is 0.723. The van der Waals surface area contributed by atoms with E-state index in [0.717, 1.165) is 10.7 Å². The number of nitrogens with zero attached hydrogens (tertiary/aromatic N) is 2. The van der Waals surface area contributed by atoms with Crippen LogP contribution in [0, 0.1) is 6.92 Å². The van der Waals surface area contributed by atoms with E-state index in [9.17, 15) is 0 Å². The van der Waals surface area contributed by atoms with E-state index < -0.39 is 0 Å². The van der Waals surface area contributed by atoms with Crippen LogP contribution >= 0.6 is 11.3 Å². The van der Waals surface area contributed by atoms with Gasteiger partial charge in [-0.15, -0.1) is 11.3 Å². The van der Waals surface area contributed by atoms with Crippen LogP contribution < -0.4 is 11.1 Å². The number of hydrogen-bond donors (Lipinski definition) is 2. The first-order chi connectivity index (χ1) is 6.58. The normalized spacial score (nSPS) is 12.1. The summed E-state index contributed by atoms with van der Waals surface area (Å²) in [5.41, 5.74) is 6.62. The number of aliphatic imine (C=N–C) groups is 1. The Balaban J connectivity index is 2.46. The summed E-state index contributed by atoms with van der Waals surface area (Å²) in [6.45, 7) is 6.58. The monoisotopic (exact) mass is 212 g/mol. The van der Waals surface area contributed by atoms with Gasteiger partial charge in [0.1, 0.15) is 0 Å². The smallest absolute Gasteiger partial charge is 0.189 e. The first-order valence-electron chi connectivity index (χ1n) is 4.55. The lowest BCUT2D eigenvalue weighted by Crippen LogP contribution is -2.36. The van der Waals surface area contributed by atoms with Crippen molar-refractivity contribution in [1.29, 1.82) is 0 Å². The third kappa shape index (κ3) is 3.74. The van der Waals surface area contributed by atoms with E-state index in [-0.39, 0.29) is 0 Å². The molecule has 1 heterocycles. The molecule has 1 aromatic rings. The van der Waals surface area contributed by atoms with E-state index in [2.05, 4.69) is 15.3 Å². The van der Waals surface area contributed by atoms with Gasteiger partial charge in [0.2, 0.25) is 0 Å². The summed E-state index contributed by atoms with van der Waals surface area (Å²) in [6.07, 6.45) is 0. The van der Waals surface area contributed by atoms with E-state index >= 15 is 0 Å². The molecule has 1 rings (SSSR count). The van der Waals surface area contributed by atoms with Crippen molar-refractivity contribution in [3.63, 3.8) is 0 Å². The number of nitrogens with one attached hydrogen (secondary N) is 1. The third-order valence-corrected chi connectivity index (χ3v) is 2.34. The summed E-state index contributed by atoms with van der Waals surface area (Å²) < 4.78 is 0. The van der Waals surface area contributed by atoms with Crippen LogP contribution in [0.25, 0.3) is 0 Å². The Morgan fingerprint density at radius 2 is 2.43 bits per heavy atom. The number of nitrogens with two attached hydrogens (primary N) is 1. The summed E-state index contributed by atoms with van der Waals surface area (Å²) in [5.74, 6) is 0.477. The Bertz CT molecular complexity index is 316. The molecule has 14 heavy (non-hydrogen) atoms. The van der Waals surface area contributed by atoms with Crippen molar-refractivity contribution in [1.82, 2.24) is 10.3 Å². The number of aryl methyl sites for hydroxylation is 1. The molecule has 5 heteroatoms. The molecule has 0 radical (unpaired) electrons. The van der Waals surface area contributed by atoms with Crippen LogP contribution in [0.3, 0.4) is 0 Å². The number of hydrogen-bond acceptors (Lipinski definition) is 3. The molecule has 0 unspecified atom stereocenters. The van der Waals surface area contributed by atoms with Gasteiger partial charge in [0.05, 0.1) is 17.2 Å². The molecule has 0 aliphatic heterocycles. The molecular weight excluding hydrogens is 196 g/mol. The third-order valence-electron chi connectivity index (χ3n) is 1.51. The van der Waals surface area contributed by atoms with Crippen molar-refractivity contribution in [3.8, 4) is 0 Å². The van der Waals surface area contributed by atoms with Crippen molar-refractivity contribution < 1.29 is 0 Å². The molecule has 0 fully saturated rings. The largest absolute Gasteiger partial charge is 0.370 e. The second kappa shape index (κ2) is 4.95. The summed E-state index contributed by atoms with van der Waals surface area (Å²) in [5, 5.41) is 6.09.